The van der Waals surface area contributed by atoms with Crippen LogP contribution >= 0.6 is 0 Å². The van der Waals surface area contributed by atoms with Gasteiger partial charge in [-0.15, -0.1) is 0 Å². The molecule has 0 aliphatic rings. The van der Waals surface area contributed by atoms with Crippen molar-refractivity contribution in [1.82, 2.24) is 10.6 Å². The second-order valence-corrected chi connectivity index (χ2v) is 6.07. The van der Waals surface area contributed by atoms with E-state index in [1.807, 2.05) is 33.8 Å². The summed E-state index contributed by atoms with van der Waals surface area (Å²) in [5.41, 5.74) is 2.54. The van der Waals surface area contributed by atoms with Crippen LogP contribution in [0, 0.1) is 19.8 Å². The summed E-state index contributed by atoms with van der Waals surface area (Å²) in [4.78, 5) is 34.9. The quantitative estimate of drug-likeness (QED) is 0.712. The minimum absolute atomic E-state index is 0.140. The number of aliphatic carboxylic acids is 1. The number of rotatable bonds is 7. The zero-order valence-electron chi connectivity index (χ0n) is 14.0. The average molecular weight is 320 g/mol. The van der Waals surface area contributed by atoms with Gasteiger partial charge in [-0.2, -0.15) is 0 Å². The third-order valence-electron chi connectivity index (χ3n) is 3.52. The summed E-state index contributed by atoms with van der Waals surface area (Å²) in [6, 6.07) is 4.34. The summed E-state index contributed by atoms with van der Waals surface area (Å²) in [6.45, 7) is 7.36. The number of carboxylic acid groups (broad SMARTS) is 1. The van der Waals surface area contributed by atoms with Gasteiger partial charge < -0.3 is 15.7 Å². The molecule has 0 unspecified atom stereocenters. The molecule has 0 aliphatic carbocycles. The van der Waals surface area contributed by atoms with Crippen LogP contribution in [0.3, 0.4) is 0 Å². The van der Waals surface area contributed by atoms with E-state index < -0.39 is 17.9 Å². The van der Waals surface area contributed by atoms with E-state index in [1.165, 1.54) is 0 Å². The zero-order valence-corrected chi connectivity index (χ0v) is 14.0. The largest absolute Gasteiger partial charge is 0.480 e. The van der Waals surface area contributed by atoms with Gasteiger partial charge in [0, 0.05) is 5.56 Å². The lowest BCUT2D eigenvalue weighted by atomic mass is 10.0. The molecule has 6 nitrogen and oxygen atoms in total. The Morgan fingerprint density at radius 2 is 1.78 bits per heavy atom. The van der Waals surface area contributed by atoms with Crippen molar-refractivity contribution >= 4 is 17.8 Å². The van der Waals surface area contributed by atoms with Gasteiger partial charge in [-0.3, -0.25) is 9.59 Å². The van der Waals surface area contributed by atoms with Gasteiger partial charge in [-0.05, 0) is 49.4 Å². The van der Waals surface area contributed by atoms with E-state index in [2.05, 4.69) is 10.6 Å². The van der Waals surface area contributed by atoms with E-state index in [4.69, 9.17) is 5.11 Å². The van der Waals surface area contributed by atoms with Crippen LogP contribution in [0.4, 0.5) is 0 Å². The highest BCUT2D eigenvalue weighted by molar-refractivity contribution is 5.97. The number of amides is 2. The second-order valence-electron chi connectivity index (χ2n) is 6.07. The van der Waals surface area contributed by atoms with Crippen LogP contribution in [0.15, 0.2) is 18.2 Å². The van der Waals surface area contributed by atoms with Gasteiger partial charge in [0.1, 0.15) is 6.04 Å². The van der Waals surface area contributed by atoms with Crippen molar-refractivity contribution in [3.05, 3.63) is 34.9 Å². The molecular weight excluding hydrogens is 296 g/mol. The number of hydrogen-bond donors (Lipinski definition) is 3. The van der Waals surface area contributed by atoms with Crippen LogP contribution in [0.25, 0.3) is 0 Å². The van der Waals surface area contributed by atoms with Crippen LogP contribution in [-0.4, -0.2) is 35.5 Å². The predicted octanol–water partition coefficient (Wildman–Crippen LogP) is 1.65. The number of carbonyl (C=O) groups is 3. The van der Waals surface area contributed by atoms with Crippen molar-refractivity contribution in [2.24, 2.45) is 5.92 Å². The normalized spacial score (nSPS) is 11.9. The average Bonchev–Trinajstić information content (AvgIpc) is 2.46. The van der Waals surface area contributed by atoms with Crippen molar-refractivity contribution in [3.63, 3.8) is 0 Å². The molecule has 0 aromatic heterocycles. The van der Waals surface area contributed by atoms with Gasteiger partial charge in [-0.1, -0.05) is 19.9 Å². The molecule has 0 saturated carbocycles. The van der Waals surface area contributed by atoms with Crippen LogP contribution < -0.4 is 10.6 Å². The first-order chi connectivity index (χ1) is 10.7. The van der Waals surface area contributed by atoms with Crippen LogP contribution in [0.5, 0.6) is 0 Å². The molecule has 1 atom stereocenters. The van der Waals surface area contributed by atoms with E-state index in [0.717, 1.165) is 11.1 Å². The number of nitrogens with one attached hydrogen (secondary N) is 2. The zero-order chi connectivity index (χ0) is 17.6. The Balaban J connectivity index is 2.56. The van der Waals surface area contributed by atoms with Crippen LogP contribution in [-0.2, 0) is 9.59 Å². The molecule has 0 heterocycles. The molecule has 0 saturated heterocycles. The minimum Gasteiger partial charge on any atom is -0.480 e. The molecule has 1 aromatic rings. The van der Waals surface area contributed by atoms with E-state index in [1.54, 1.807) is 12.1 Å². The Morgan fingerprint density at radius 3 is 2.30 bits per heavy atom. The molecule has 0 fully saturated rings. The smallest absolute Gasteiger partial charge is 0.326 e. The summed E-state index contributed by atoms with van der Waals surface area (Å²) in [5.74, 6) is -1.82. The van der Waals surface area contributed by atoms with E-state index in [0.29, 0.717) is 12.0 Å². The third kappa shape index (κ3) is 6.10. The number of aryl methyl sites for hydroxylation is 2. The highest BCUT2D eigenvalue weighted by Crippen LogP contribution is 2.09. The van der Waals surface area contributed by atoms with E-state index in [-0.39, 0.29) is 18.4 Å². The SMILES string of the molecule is Cc1ccc(C(=O)NCC(=O)N[C@@H](CC(C)C)C(=O)O)cc1C. The first-order valence-electron chi connectivity index (χ1n) is 7.58. The van der Waals surface area contributed by atoms with E-state index in [9.17, 15) is 14.4 Å². The molecule has 0 bridgehead atoms. The molecule has 6 heteroatoms. The van der Waals surface area contributed by atoms with Gasteiger partial charge in [0.05, 0.1) is 6.54 Å². The lowest BCUT2D eigenvalue weighted by Gasteiger charge is -2.16. The first kappa shape index (κ1) is 18.7. The van der Waals surface area contributed by atoms with Gasteiger partial charge >= 0.3 is 5.97 Å². The maximum absolute atomic E-state index is 12.0. The van der Waals surface area contributed by atoms with Crippen molar-refractivity contribution < 1.29 is 19.5 Å². The van der Waals surface area contributed by atoms with Gasteiger partial charge in [0.15, 0.2) is 0 Å². The summed E-state index contributed by atoms with van der Waals surface area (Å²) in [5, 5.41) is 14.0. The molecule has 23 heavy (non-hydrogen) atoms. The second kappa shape index (κ2) is 8.31. The number of benzene rings is 1. The van der Waals surface area contributed by atoms with Crippen LogP contribution in [0.2, 0.25) is 0 Å². The molecule has 1 rings (SSSR count). The topological polar surface area (TPSA) is 95.5 Å². The number of hydrogen-bond acceptors (Lipinski definition) is 3. The molecule has 2 amide bonds. The maximum atomic E-state index is 12.0. The number of carboxylic acids is 1. The fourth-order valence-corrected chi connectivity index (χ4v) is 2.08. The summed E-state index contributed by atoms with van der Waals surface area (Å²) in [6.07, 6.45) is 0.339. The Hall–Kier alpha value is -2.37. The van der Waals surface area contributed by atoms with Crippen molar-refractivity contribution in [1.29, 1.82) is 0 Å². The summed E-state index contributed by atoms with van der Waals surface area (Å²) in [7, 11) is 0. The van der Waals surface area contributed by atoms with Gasteiger partial charge in [0.25, 0.3) is 5.91 Å². The highest BCUT2D eigenvalue weighted by Gasteiger charge is 2.21. The molecule has 0 aliphatic heterocycles. The Kier molecular flexibility index (Phi) is 6.75. The predicted molar refractivity (Wildman–Crippen MR) is 87.3 cm³/mol. The Bertz CT molecular complexity index is 596. The van der Waals surface area contributed by atoms with Gasteiger partial charge in [-0.25, -0.2) is 4.79 Å². The Labute approximate surface area is 136 Å². The first-order valence-corrected chi connectivity index (χ1v) is 7.58. The van der Waals surface area contributed by atoms with E-state index >= 15 is 0 Å². The molecule has 0 spiro atoms. The van der Waals surface area contributed by atoms with Crippen molar-refractivity contribution in [2.45, 2.75) is 40.2 Å². The molecule has 1 aromatic carbocycles. The van der Waals surface area contributed by atoms with Gasteiger partial charge in [0.2, 0.25) is 5.91 Å². The maximum Gasteiger partial charge on any atom is 0.326 e. The molecular formula is C17H24N2O4. The molecule has 0 radical (unpaired) electrons. The Morgan fingerprint density at radius 1 is 1.13 bits per heavy atom. The summed E-state index contributed by atoms with van der Waals surface area (Å²) >= 11 is 0. The highest BCUT2D eigenvalue weighted by atomic mass is 16.4. The summed E-state index contributed by atoms with van der Waals surface area (Å²) < 4.78 is 0. The standard InChI is InChI=1S/C17H24N2O4/c1-10(2)7-14(17(22)23)19-15(20)9-18-16(21)13-6-5-11(3)12(4)8-13/h5-6,8,10,14H,7,9H2,1-4H3,(H,18,21)(H,19,20)(H,22,23)/t14-/m0/s1. The minimum atomic E-state index is -1.08. The lowest BCUT2D eigenvalue weighted by molar-refractivity contribution is -0.142. The molecule has 3 N–H and O–H groups in total. The monoisotopic (exact) mass is 320 g/mol. The number of carbonyl (C=O) groups excluding carboxylic acids is 2. The fraction of sp³-hybridized carbons (Fsp3) is 0.471. The van der Waals surface area contributed by atoms with Crippen LogP contribution in [0.1, 0.15) is 41.8 Å². The lowest BCUT2D eigenvalue weighted by Crippen LogP contribution is -2.46. The third-order valence-corrected chi connectivity index (χ3v) is 3.52. The fourth-order valence-electron chi connectivity index (χ4n) is 2.08. The van der Waals surface area contributed by atoms with Crippen molar-refractivity contribution in [2.75, 3.05) is 6.54 Å². The van der Waals surface area contributed by atoms with Crippen molar-refractivity contribution in [3.8, 4) is 0 Å². The molecule has 126 valence electrons.